The zero-order chi connectivity index (χ0) is 10.1. The third-order valence-corrected chi connectivity index (χ3v) is 2.35. The predicted molar refractivity (Wildman–Crippen MR) is 58.6 cm³/mol. The van der Waals surface area contributed by atoms with E-state index in [1.165, 1.54) is 0 Å². The van der Waals surface area contributed by atoms with Crippen LogP contribution in [0.15, 0.2) is 10.5 Å². The maximum Gasteiger partial charge on any atom is 0.278 e. The number of halogens is 1. The molecule has 0 unspecified atom stereocenters. The third kappa shape index (κ3) is 1.66. The van der Waals surface area contributed by atoms with Gasteiger partial charge in [0.2, 0.25) is 0 Å². The van der Waals surface area contributed by atoms with Crippen molar-refractivity contribution >= 4 is 22.6 Å². The van der Waals surface area contributed by atoms with Crippen molar-refractivity contribution in [1.29, 1.82) is 0 Å². The Bertz CT molecular complexity index is 448. The van der Waals surface area contributed by atoms with E-state index < -0.39 is 0 Å². The van der Waals surface area contributed by atoms with Crippen molar-refractivity contribution in [2.75, 3.05) is 0 Å². The van der Waals surface area contributed by atoms with E-state index in [-0.39, 0.29) is 0 Å². The second-order valence-corrected chi connectivity index (χ2v) is 3.78. The van der Waals surface area contributed by atoms with Crippen LogP contribution >= 0.6 is 22.6 Å². The number of hydrogen-bond acceptors (Lipinski definition) is 4. The van der Waals surface area contributed by atoms with Gasteiger partial charge in [-0.2, -0.15) is 5.10 Å². The van der Waals surface area contributed by atoms with Crippen molar-refractivity contribution in [3.8, 4) is 11.6 Å². The van der Waals surface area contributed by atoms with Crippen LogP contribution in [0, 0.1) is 3.90 Å². The van der Waals surface area contributed by atoms with Gasteiger partial charge in [0.1, 0.15) is 5.69 Å². The van der Waals surface area contributed by atoms with Gasteiger partial charge in [0, 0.05) is 29.6 Å². The lowest BCUT2D eigenvalue weighted by molar-refractivity contribution is 0.530. The van der Waals surface area contributed by atoms with Gasteiger partial charge in [-0.05, 0) is 12.5 Å². The van der Waals surface area contributed by atoms with E-state index in [1.807, 2.05) is 35.7 Å². The van der Waals surface area contributed by atoms with Gasteiger partial charge in [0.25, 0.3) is 9.79 Å². The molecule has 5 nitrogen and oxygen atoms in total. The van der Waals surface area contributed by atoms with E-state index in [2.05, 4.69) is 22.2 Å². The first-order valence-electron chi connectivity index (χ1n) is 4.23. The Labute approximate surface area is 94.7 Å². The Morgan fingerprint density at radius 1 is 1.50 bits per heavy atom. The lowest BCUT2D eigenvalue weighted by atomic mass is 10.3. The monoisotopic (exact) mass is 304 g/mol. The van der Waals surface area contributed by atoms with E-state index in [1.54, 1.807) is 4.68 Å². The van der Waals surface area contributed by atoms with Crippen LogP contribution in [0.2, 0.25) is 0 Å². The second kappa shape index (κ2) is 3.68. The fourth-order valence-corrected chi connectivity index (χ4v) is 1.52. The average molecular weight is 304 g/mol. The molecule has 14 heavy (non-hydrogen) atoms. The Morgan fingerprint density at radius 2 is 2.29 bits per heavy atom. The molecule has 2 aromatic heterocycles. The van der Waals surface area contributed by atoms with Crippen molar-refractivity contribution in [2.24, 2.45) is 7.05 Å². The van der Waals surface area contributed by atoms with Gasteiger partial charge in [-0.15, -0.1) is 10.2 Å². The first-order chi connectivity index (χ1) is 6.70. The summed E-state index contributed by atoms with van der Waals surface area (Å²) in [5.74, 6) is 0.518. The van der Waals surface area contributed by atoms with Gasteiger partial charge < -0.3 is 4.42 Å². The molecule has 0 atom stereocenters. The molecular weight excluding hydrogens is 295 g/mol. The van der Waals surface area contributed by atoms with Crippen molar-refractivity contribution in [3.05, 3.63) is 15.7 Å². The molecule has 0 aliphatic rings. The fraction of sp³-hybridized carbons (Fsp3) is 0.375. The molecule has 0 saturated carbocycles. The molecule has 0 radical (unpaired) electrons. The van der Waals surface area contributed by atoms with Crippen molar-refractivity contribution in [3.63, 3.8) is 0 Å². The number of nitrogens with zero attached hydrogens (tertiary/aromatic N) is 4. The van der Waals surface area contributed by atoms with Crippen LogP contribution in [0.25, 0.3) is 11.6 Å². The molecule has 0 aliphatic carbocycles. The van der Waals surface area contributed by atoms with Gasteiger partial charge in [-0.3, -0.25) is 4.68 Å². The van der Waals surface area contributed by atoms with E-state index >= 15 is 0 Å². The quantitative estimate of drug-likeness (QED) is 0.791. The zero-order valence-corrected chi connectivity index (χ0v) is 10.0. The van der Waals surface area contributed by atoms with Crippen LogP contribution in [-0.2, 0) is 13.5 Å². The summed E-state index contributed by atoms with van der Waals surface area (Å²) in [6, 6.07) is 1.96. The lowest BCUT2D eigenvalue weighted by Crippen LogP contribution is -1.94. The molecule has 2 rings (SSSR count). The van der Waals surface area contributed by atoms with Crippen LogP contribution in [0.3, 0.4) is 0 Å². The number of hydrogen-bond donors (Lipinski definition) is 0. The van der Waals surface area contributed by atoms with E-state index in [0.29, 0.717) is 9.79 Å². The summed E-state index contributed by atoms with van der Waals surface area (Å²) >= 11 is 1.99. The minimum absolute atomic E-state index is 0.518. The topological polar surface area (TPSA) is 56.7 Å². The first kappa shape index (κ1) is 9.63. The molecule has 0 aromatic carbocycles. The van der Waals surface area contributed by atoms with Crippen LogP contribution in [0.5, 0.6) is 0 Å². The van der Waals surface area contributed by atoms with Crippen molar-refractivity contribution in [2.45, 2.75) is 13.3 Å². The summed E-state index contributed by atoms with van der Waals surface area (Å²) in [7, 11) is 1.87. The predicted octanol–water partition coefficient (Wildman–Crippen LogP) is 1.64. The molecule has 0 bridgehead atoms. The largest absolute Gasteiger partial charge is 0.410 e. The maximum absolute atomic E-state index is 5.31. The van der Waals surface area contributed by atoms with Gasteiger partial charge in [0.15, 0.2) is 0 Å². The van der Waals surface area contributed by atoms with Gasteiger partial charge in [0.05, 0.1) is 5.69 Å². The zero-order valence-electron chi connectivity index (χ0n) is 7.86. The summed E-state index contributed by atoms with van der Waals surface area (Å²) < 4.78 is 7.60. The maximum atomic E-state index is 5.31. The first-order valence-corrected chi connectivity index (χ1v) is 5.31. The van der Waals surface area contributed by atoms with Crippen LogP contribution < -0.4 is 0 Å². The van der Waals surface area contributed by atoms with Crippen LogP contribution in [0.4, 0.5) is 0 Å². The van der Waals surface area contributed by atoms with Gasteiger partial charge >= 0.3 is 0 Å². The summed E-state index contributed by atoms with van der Waals surface area (Å²) in [4.78, 5) is 0. The minimum atomic E-state index is 0.518. The molecule has 0 fully saturated rings. The SMILES string of the molecule is CCc1cc(-c2nnc(I)o2)n(C)n1. The highest BCUT2D eigenvalue weighted by Gasteiger charge is 2.12. The Hall–Kier alpha value is -0.920. The summed E-state index contributed by atoms with van der Waals surface area (Å²) in [6.45, 7) is 2.06. The Balaban J connectivity index is 2.45. The molecule has 0 spiro atoms. The van der Waals surface area contributed by atoms with Crippen LogP contribution in [-0.4, -0.2) is 20.0 Å². The number of rotatable bonds is 2. The normalized spacial score (nSPS) is 10.8. The highest BCUT2D eigenvalue weighted by Crippen LogP contribution is 2.18. The number of aromatic nitrogens is 4. The highest BCUT2D eigenvalue weighted by molar-refractivity contribution is 14.1. The minimum Gasteiger partial charge on any atom is -0.410 e. The molecule has 0 saturated heterocycles. The van der Waals surface area contributed by atoms with E-state index in [4.69, 9.17) is 4.42 Å². The van der Waals surface area contributed by atoms with Crippen molar-refractivity contribution in [1.82, 2.24) is 20.0 Å². The standard InChI is InChI=1S/C8H9IN4O/c1-3-5-4-6(13(2)12-5)7-10-11-8(9)14-7/h4H,3H2,1-2H3. The fourth-order valence-electron chi connectivity index (χ4n) is 1.21. The molecule has 0 aliphatic heterocycles. The highest BCUT2D eigenvalue weighted by atomic mass is 127. The number of aryl methyl sites for hydroxylation is 2. The van der Waals surface area contributed by atoms with E-state index in [9.17, 15) is 0 Å². The molecule has 2 aromatic rings. The third-order valence-electron chi connectivity index (χ3n) is 1.91. The summed E-state index contributed by atoms with van der Waals surface area (Å²) in [6.07, 6.45) is 0.902. The van der Waals surface area contributed by atoms with E-state index in [0.717, 1.165) is 17.8 Å². The molecule has 0 N–H and O–H groups in total. The Kier molecular flexibility index (Phi) is 2.53. The van der Waals surface area contributed by atoms with Crippen molar-refractivity contribution < 1.29 is 4.42 Å². The summed E-state index contributed by atoms with van der Waals surface area (Å²) in [5.41, 5.74) is 1.88. The second-order valence-electron chi connectivity index (χ2n) is 2.86. The molecule has 0 amide bonds. The van der Waals surface area contributed by atoms with Gasteiger partial charge in [-0.25, -0.2) is 0 Å². The molecule has 2 heterocycles. The average Bonchev–Trinajstić information content (AvgIpc) is 2.71. The molecule has 6 heteroatoms. The smallest absolute Gasteiger partial charge is 0.278 e. The van der Waals surface area contributed by atoms with Crippen LogP contribution in [0.1, 0.15) is 12.6 Å². The molecular formula is C8H9IN4O. The molecule has 74 valence electrons. The lowest BCUT2D eigenvalue weighted by Gasteiger charge is -1.92. The Morgan fingerprint density at radius 3 is 2.79 bits per heavy atom. The summed E-state index contributed by atoms with van der Waals surface area (Å²) in [5, 5.41) is 12.0. The van der Waals surface area contributed by atoms with Gasteiger partial charge in [-0.1, -0.05) is 6.92 Å².